The lowest BCUT2D eigenvalue weighted by Gasteiger charge is -2.30. The first-order valence-electron chi connectivity index (χ1n) is 9.71. The third-order valence-corrected chi connectivity index (χ3v) is 4.61. The zero-order chi connectivity index (χ0) is 23.8. The summed E-state index contributed by atoms with van der Waals surface area (Å²) in [5.41, 5.74) is 1.18. The van der Waals surface area contributed by atoms with Crippen LogP contribution in [0.25, 0.3) is 0 Å². The lowest BCUT2D eigenvalue weighted by Crippen LogP contribution is -2.32. The van der Waals surface area contributed by atoms with Gasteiger partial charge in [0.05, 0.1) is 41.8 Å². The number of benzene rings is 1. The van der Waals surface area contributed by atoms with Crippen LogP contribution in [0.3, 0.4) is 0 Å². The summed E-state index contributed by atoms with van der Waals surface area (Å²) >= 11 is 0. The predicted molar refractivity (Wildman–Crippen MR) is 110 cm³/mol. The number of nitrogens with zero attached hydrogens (tertiary/aromatic N) is 2. The fraction of sp³-hybridized carbons (Fsp3) is 0.400. The molecule has 12 heteroatoms. The fourth-order valence-corrected chi connectivity index (χ4v) is 3.34. The first-order valence-corrected chi connectivity index (χ1v) is 9.71. The van der Waals surface area contributed by atoms with Crippen LogP contribution in [-0.4, -0.2) is 41.8 Å². The standard InChI is InChI=1S/C20H23N3O9/c1-4-30-19(24)16-12(2)21-13(3)17(20(25)31-9-6-10-32-23(28)29)18(16)14-7-5-8-15(11-14)22(26)27/h5,7-8,11,18,21H,4,6,9-10H2,1-3H3. The third kappa shape index (κ3) is 5.80. The number of hydrogen-bond donors (Lipinski definition) is 1. The molecule has 12 nitrogen and oxygen atoms in total. The summed E-state index contributed by atoms with van der Waals surface area (Å²) in [4.78, 5) is 50.8. The molecule has 0 saturated heterocycles. The highest BCUT2D eigenvalue weighted by Gasteiger charge is 2.38. The first-order chi connectivity index (χ1) is 15.2. The lowest BCUT2D eigenvalue weighted by atomic mass is 9.80. The molecule has 172 valence electrons. The Hall–Kier alpha value is -3.96. The Morgan fingerprint density at radius 2 is 1.66 bits per heavy atom. The Labute approximate surface area is 183 Å². The van der Waals surface area contributed by atoms with Crippen molar-refractivity contribution in [1.82, 2.24) is 5.32 Å². The van der Waals surface area contributed by atoms with Crippen LogP contribution in [0.1, 0.15) is 38.7 Å². The second-order valence-corrected chi connectivity index (χ2v) is 6.75. The number of nitro benzene ring substituents is 1. The van der Waals surface area contributed by atoms with Gasteiger partial charge in [-0.3, -0.25) is 10.1 Å². The zero-order valence-electron chi connectivity index (χ0n) is 17.8. The number of carbonyl (C=O) groups is 2. The number of esters is 2. The maximum absolute atomic E-state index is 12.9. The molecule has 32 heavy (non-hydrogen) atoms. The molecule has 1 atom stereocenters. The van der Waals surface area contributed by atoms with E-state index in [0.717, 1.165) is 0 Å². The van der Waals surface area contributed by atoms with Crippen LogP contribution < -0.4 is 5.32 Å². The zero-order valence-corrected chi connectivity index (χ0v) is 17.8. The molecule has 0 saturated carbocycles. The van der Waals surface area contributed by atoms with Crippen molar-refractivity contribution in [3.8, 4) is 0 Å². The van der Waals surface area contributed by atoms with Crippen LogP contribution in [0.5, 0.6) is 0 Å². The molecule has 0 aromatic heterocycles. The maximum atomic E-state index is 12.9. The summed E-state index contributed by atoms with van der Waals surface area (Å²) in [5, 5.41) is 23.5. The Morgan fingerprint density at radius 1 is 1.03 bits per heavy atom. The largest absolute Gasteiger partial charge is 0.463 e. The molecule has 0 fully saturated rings. The summed E-state index contributed by atoms with van der Waals surface area (Å²) in [5.74, 6) is -2.43. The Bertz CT molecular complexity index is 984. The van der Waals surface area contributed by atoms with E-state index in [9.17, 15) is 29.8 Å². The number of carbonyl (C=O) groups excluding carboxylic acids is 2. The second-order valence-electron chi connectivity index (χ2n) is 6.75. The molecular formula is C20H23N3O9. The molecule has 0 radical (unpaired) electrons. The van der Waals surface area contributed by atoms with Crippen molar-refractivity contribution in [3.63, 3.8) is 0 Å². The molecule has 1 aliphatic rings. The van der Waals surface area contributed by atoms with Gasteiger partial charge in [0.2, 0.25) is 0 Å². The first kappa shape index (κ1) is 24.3. The number of ether oxygens (including phenoxy) is 2. The number of nitro groups is 1. The SMILES string of the molecule is CCOC(=O)C1=C(C)NC(C)=C(C(=O)OCCCO[N+](=O)[O-])C1c1cccc([N+](=O)[O-])c1. The van der Waals surface area contributed by atoms with Gasteiger partial charge in [0.1, 0.15) is 0 Å². The highest BCUT2D eigenvalue weighted by atomic mass is 16.9. The van der Waals surface area contributed by atoms with Gasteiger partial charge in [-0.2, -0.15) is 0 Å². The van der Waals surface area contributed by atoms with E-state index in [1.54, 1.807) is 26.8 Å². The maximum Gasteiger partial charge on any atom is 0.336 e. The number of allylic oxidation sites excluding steroid dienone is 2. The summed E-state index contributed by atoms with van der Waals surface area (Å²) < 4.78 is 10.4. The number of dihydropyridines is 1. The molecule has 1 heterocycles. The normalized spacial score (nSPS) is 15.7. The summed E-state index contributed by atoms with van der Waals surface area (Å²) in [6, 6.07) is 5.62. The lowest BCUT2D eigenvalue weighted by molar-refractivity contribution is -0.757. The molecule has 1 N–H and O–H groups in total. The van der Waals surface area contributed by atoms with E-state index in [1.807, 2.05) is 0 Å². The Kier molecular flexibility index (Phi) is 8.27. The minimum Gasteiger partial charge on any atom is -0.463 e. The van der Waals surface area contributed by atoms with Crippen LogP contribution in [-0.2, 0) is 23.9 Å². The smallest absolute Gasteiger partial charge is 0.336 e. The molecule has 0 bridgehead atoms. The van der Waals surface area contributed by atoms with Gasteiger partial charge in [0, 0.05) is 29.9 Å². The van der Waals surface area contributed by atoms with E-state index in [0.29, 0.717) is 17.0 Å². The molecule has 0 spiro atoms. The monoisotopic (exact) mass is 449 g/mol. The molecule has 0 aliphatic carbocycles. The van der Waals surface area contributed by atoms with Gasteiger partial charge in [-0.05, 0) is 26.3 Å². The molecule has 1 aliphatic heterocycles. The molecule has 1 unspecified atom stereocenters. The van der Waals surface area contributed by atoms with Crippen molar-refractivity contribution in [1.29, 1.82) is 0 Å². The van der Waals surface area contributed by atoms with Crippen LogP contribution in [0, 0.1) is 20.2 Å². The van der Waals surface area contributed by atoms with Crippen LogP contribution in [0.2, 0.25) is 0 Å². The van der Waals surface area contributed by atoms with Crippen molar-refractivity contribution in [2.24, 2.45) is 0 Å². The summed E-state index contributed by atoms with van der Waals surface area (Å²) in [6.07, 6.45) is 0.0769. The molecular weight excluding hydrogens is 426 g/mol. The summed E-state index contributed by atoms with van der Waals surface area (Å²) in [6.45, 7) is 4.56. The van der Waals surface area contributed by atoms with Crippen molar-refractivity contribution in [2.45, 2.75) is 33.1 Å². The minimum atomic E-state index is -0.974. The van der Waals surface area contributed by atoms with E-state index < -0.39 is 27.9 Å². The number of rotatable bonds is 10. The van der Waals surface area contributed by atoms with E-state index in [-0.39, 0.29) is 43.1 Å². The summed E-state index contributed by atoms with van der Waals surface area (Å²) in [7, 11) is 0. The molecule has 1 aromatic rings. The van der Waals surface area contributed by atoms with Crippen LogP contribution in [0.4, 0.5) is 5.69 Å². The quantitative estimate of drug-likeness (QED) is 0.243. The minimum absolute atomic E-state index is 0.0769. The molecule has 1 aromatic carbocycles. The molecule has 0 amide bonds. The van der Waals surface area contributed by atoms with E-state index >= 15 is 0 Å². The Balaban J connectivity index is 2.43. The van der Waals surface area contributed by atoms with Gasteiger partial charge in [0.15, 0.2) is 0 Å². The average Bonchev–Trinajstić information content (AvgIpc) is 2.72. The van der Waals surface area contributed by atoms with Crippen molar-refractivity contribution >= 4 is 17.6 Å². The fourth-order valence-electron chi connectivity index (χ4n) is 3.34. The van der Waals surface area contributed by atoms with E-state index in [1.165, 1.54) is 18.2 Å². The second kappa shape index (κ2) is 10.9. The highest BCUT2D eigenvalue weighted by Crippen LogP contribution is 2.40. The number of nitrogens with one attached hydrogen (secondary N) is 1. The number of non-ortho nitro benzene ring substituents is 1. The third-order valence-electron chi connectivity index (χ3n) is 4.61. The van der Waals surface area contributed by atoms with Crippen molar-refractivity contribution in [2.75, 3.05) is 19.8 Å². The van der Waals surface area contributed by atoms with Gasteiger partial charge in [-0.15, -0.1) is 10.1 Å². The average molecular weight is 449 g/mol. The van der Waals surface area contributed by atoms with Crippen LogP contribution >= 0.6 is 0 Å². The molecule has 2 rings (SSSR count). The van der Waals surface area contributed by atoms with Crippen molar-refractivity contribution in [3.05, 3.63) is 72.6 Å². The van der Waals surface area contributed by atoms with Gasteiger partial charge in [0.25, 0.3) is 10.8 Å². The predicted octanol–water partition coefficient (Wildman–Crippen LogP) is 2.53. The number of hydrogen-bond acceptors (Lipinski definition) is 10. The highest BCUT2D eigenvalue weighted by molar-refractivity contribution is 5.99. The van der Waals surface area contributed by atoms with Crippen LogP contribution in [0.15, 0.2) is 46.8 Å². The van der Waals surface area contributed by atoms with E-state index in [4.69, 9.17) is 9.47 Å². The van der Waals surface area contributed by atoms with Gasteiger partial charge >= 0.3 is 11.9 Å². The Morgan fingerprint density at radius 3 is 2.22 bits per heavy atom. The van der Waals surface area contributed by atoms with Gasteiger partial charge in [-0.1, -0.05) is 12.1 Å². The van der Waals surface area contributed by atoms with E-state index in [2.05, 4.69) is 10.2 Å². The van der Waals surface area contributed by atoms with Gasteiger partial charge in [-0.25, -0.2) is 9.59 Å². The topological polar surface area (TPSA) is 160 Å². The van der Waals surface area contributed by atoms with Gasteiger partial charge < -0.3 is 19.6 Å². The van der Waals surface area contributed by atoms with Crippen molar-refractivity contribution < 1.29 is 33.9 Å².